The number of aromatic nitrogens is 5. The van der Waals surface area contributed by atoms with Gasteiger partial charge in [0.1, 0.15) is 35.8 Å². The van der Waals surface area contributed by atoms with Crippen LogP contribution in [0.2, 0.25) is 0 Å². The lowest BCUT2D eigenvalue weighted by molar-refractivity contribution is -0.138. The minimum absolute atomic E-state index is 0.0278. The Morgan fingerprint density at radius 3 is 1.97 bits per heavy atom. The molecule has 10 rings (SSSR count). The Kier molecular flexibility index (Phi) is 14.8. The van der Waals surface area contributed by atoms with Gasteiger partial charge in [-0.1, -0.05) is 64.1 Å². The van der Waals surface area contributed by atoms with Crippen LogP contribution in [-0.4, -0.2) is 114 Å². The first-order valence-electron chi connectivity index (χ1n) is 26.9. The third-order valence-electron chi connectivity index (χ3n) is 16.0. The number of halogens is 1. The first kappa shape index (κ1) is 50.4. The van der Waals surface area contributed by atoms with E-state index in [9.17, 15) is 19.5 Å². The first-order valence-corrected chi connectivity index (χ1v) is 26.9. The zero-order valence-electron chi connectivity index (χ0n) is 43.2. The number of aromatic amines is 2. The van der Waals surface area contributed by atoms with Crippen molar-refractivity contribution in [1.82, 2.24) is 44.9 Å². The van der Waals surface area contributed by atoms with Crippen molar-refractivity contribution in [3.05, 3.63) is 108 Å². The van der Waals surface area contributed by atoms with Gasteiger partial charge in [-0.15, -0.1) is 0 Å². The molecule has 1 aliphatic carbocycles. The highest BCUT2D eigenvalue weighted by Crippen LogP contribution is 2.41. The minimum atomic E-state index is -0.905. The second-order valence-corrected chi connectivity index (χ2v) is 21.8. The van der Waals surface area contributed by atoms with Crippen molar-refractivity contribution in [2.75, 3.05) is 31.1 Å². The van der Waals surface area contributed by atoms with Crippen LogP contribution in [0, 0.1) is 17.7 Å². The maximum absolute atomic E-state index is 16.3. The molecule has 4 aliphatic heterocycles. The maximum atomic E-state index is 16.3. The summed E-state index contributed by atoms with van der Waals surface area (Å²) in [7, 11) is 0. The average Bonchev–Trinajstić information content (AvgIpc) is 4.12. The Labute approximate surface area is 428 Å². The van der Waals surface area contributed by atoms with Gasteiger partial charge in [0.25, 0.3) is 0 Å². The molecule has 9 atom stereocenters. The summed E-state index contributed by atoms with van der Waals surface area (Å²) in [4.78, 5) is 62.5. The summed E-state index contributed by atoms with van der Waals surface area (Å²) in [5, 5.41) is 16.8. The van der Waals surface area contributed by atoms with E-state index in [1.54, 1.807) is 6.07 Å². The first-order chi connectivity index (χ1) is 35.2. The van der Waals surface area contributed by atoms with E-state index in [1.807, 2.05) is 62.9 Å². The smallest absolute Gasteiger partial charge is 0.246 e. The zero-order valence-corrected chi connectivity index (χ0v) is 43.2. The predicted molar refractivity (Wildman–Crippen MR) is 279 cm³/mol. The number of nitrogens with one attached hydrogen (secondary N) is 4. The molecule has 3 aromatic heterocycles. The monoisotopic (exact) mass is 997 g/mol. The van der Waals surface area contributed by atoms with E-state index in [2.05, 4.69) is 84.7 Å². The van der Waals surface area contributed by atoms with E-state index in [0.29, 0.717) is 18.8 Å². The molecule has 5 N–H and O–H groups in total. The number of amides is 3. The van der Waals surface area contributed by atoms with Crippen LogP contribution < -0.4 is 15.5 Å². The quantitative estimate of drug-likeness (QED) is 0.0367. The number of nitrogens with zero attached hydrogens (tertiary/aromatic N) is 6. The van der Waals surface area contributed by atoms with Gasteiger partial charge in [-0.3, -0.25) is 19.7 Å². The van der Waals surface area contributed by atoms with Gasteiger partial charge in [0, 0.05) is 74.3 Å². The predicted octanol–water partition coefficient (Wildman–Crippen LogP) is 8.81. The number of rotatable bonds is 16. The topological polar surface area (TPSA) is 180 Å². The fraction of sp³-hybridized carbons (Fsp3) is 0.526. The van der Waals surface area contributed by atoms with Gasteiger partial charge in [-0.05, 0) is 112 Å². The van der Waals surface area contributed by atoms with Crippen LogP contribution in [0.15, 0.2) is 79.1 Å². The van der Waals surface area contributed by atoms with Crippen LogP contribution in [0.1, 0.15) is 146 Å². The maximum Gasteiger partial charge on any atom is 0.246 e. The molecule has 4 fully saturated rings. The van der Waals surface area contributed by atoms with Gasteiger partial charge < -0.3 is 44.4 Å². The highest BCUT2D eigenvalue weighted by atomic mass is 19.1. The number of anilines is 1. The Morgan fingerprint density at radius 1 is 0.740 bits per heavy atom. The SMILES string of the molecule is CC(=O)NC(C(=O)N1CCCC1c1ncc(-c2ccc(-c3ccc(C4C=CC(c5cnc(C6CCCN6C(=O)C(NC(O)C6OC6C)C(C)C)[nH]5)CC4)n3-c3ccc(N4CCCCC4)c(F)c3)cc2)[nH]1)C(C)C. The number of epoxide rings is 1. The number of aliphatic hydroxyl groups is 1. The Hall–Kier alpha value is -6.10. The lowest BCUT2D eigenvalue weighted by Gasteiger charge is -2.31. The highest BCUT2D eigenvalue weighted by Gasteiger charge is 2.44. The third kappa shape index (κ3) is 10.5. The summed E-state index contributed by atoms with van der Waals surface area (Å²) in [6.45, 7) is 14.2. The number of piperidine rings is 1. The molecule has 5 aliphatic rings. The summed E-state index contributed by atoms with van der Waals surface area (Å²) in [6.07, 6.45) is 15.4. The summed E-state index contributed by atoms with van der Waals surface area (Å²) in [5.74, 6) is 1.06. The van der Waals surface area contributed by atoms with Gasteiger partial charge in [0.05, 0.1) is 47.5 Å². The van der Waals surface area contributed by atoms with Crippen molar-refractivity contribution < 1.29 is 28.6 Å². The number of benzene rings is 2. The normalized spacial score (nSPS) is 24.4. The minimum Gasteiger partial charge on any atom is -0.376 e. The molecule has 16 heteroatoms. The number of carbonyl (C=O) groups is 3. The molecule has 2 aromatic carbocycles. The summed E-state index contributed by atoms with van der Waals surface area (Å²) >= 11 is 0. The molecule has 0 spiro atoms. The molecule has 0 bridgehead atoms. The number of aliphatic hydroxyl groups excluding tert-OH is 1. The van der Waals surface area contributed by atoms with E-state index in [-0.39, 0.29) is 71.5 Å². The van der Waals surface area contributed by atoms with E-state index < -0.39 is 18.3 Å². The molecule has 9 unspecified atom stereocenters. The highest BCUT2D eigenvalue weighted by molar-refractivity contribution is 5.87. The average molecular weight is 997 g/mol. The number of allylic oxidation sites excluding steroid dienone is 2. The summed E-state index contributed by atoms with van der Waals surface area (Å²) in [6, 6.07) is 16.8. The molecule has 7 heterocycles. The molecule has 4 saturated heterocycles. The van der Waals surface area contributed by atoms with Crippen molar-refractivity contribution in [2.24, 2.45) is 11.8 Å². The van der Waals surface area contributed by atoms with Crippen LogP contribution in [0.5, 0.6) is 0 Å². The van der Waals surface area contributed by atoms with Gasteiger partial charge in [-0.25, -0.2) is 14.4 Å². The molecule has 15 nitrogen and oxygen atoms in total. The van der Waals surface area contributed by atoms with Crippen LogP contribution in [0.4, 0.5) is 10.1 Å². The number of imidazole rings is 2. The number of hydrogen-bond donors (Lipinski definition) is 5. The molecular formula is C57H73FN10O5. The second-order valence-electron chi connectivity index (χ2n) is 21.8. The molecule has 0 radical (unpaired) electrons. The molecular weight excluding hydrogens is 924 g/mol. The zero-order chi connectivity index (χ0) is 51.1. The van der Waals surface area contributed by atoms with Crippen LogP contribution >= 0.6 is 0 Å². The Morgan fingerprint density at radius 2 is 1.36 bits per heavy atom. The van der Waals surface area contributed by atoms with Crippen molar-refractivity contribution in [3.8, 4) is 28.2 Å². The molecule has 5 aromatic rings. The van der Waals surface area contributed by atoms with E-state index in [4.69, 9.17) is 14.7 Å². The summed E-state index contributed by atoms with van der Waals surface area (Å²) in [5.41, 5.74) is 7.26. The lowest BCUT2D eigenvalue weighted by Crippen LogP contribution is -2.53. The molecule has 0 saturated carbocycles. The third-order valence-corrected chi connectivity index (χ3v) is 16.0. The van der Waals surface area contributed by atoms with E-state index >= 15 is 4.39 Å². The van der Waals surface area contributed by atoms with E-state index in [1.165, 1.54) is 13.3 Å². The number of ether oxygens (including phenoxy) is 1. The standard InChI is InChI=1S/C57H73FN10O5/c1-33(2)50(61-36(6)69)56(71)66-28-10-12-48(66)53-59-31-43(62-53)37-14-18-39(19-15-37)45-24-25-46(68(45)41-22-23-47(42(58)30-41)65-26-8-7-9-27-65)40-20-16-38(17-21-40)44-32-60-54(63-44)49-13-11-29-67(49)57(72)51(34(3)4)64-55(70)52-35(5)73-52/h14-16,18-20,22-25,30-35,38,40,48-52,55,64,70H,7-13,17,21,26-29H2,1-6H3,(H,59,62)(H,60,63)(H,61,69). The molecule has 388 valence electrons. The van der Waals surface area contributed by atoms with E-state index in [0.717, 1.165) is 116 Å². The number of likely N-dealkylation sites (tertiary alicyclic amines) is 2. The molecule has 73 heavy (non-hydrogen) atoms. The van der Waals surface area contributed by atoms with Crippen molar-refractivity contribution >= 4 is 23.4 Å². The van der Waals surface area contributed by atoms with Gasteiger partial charge >= 0.3 is 0 Å². The number of hydrogen-bond acceptors (Lipinski definition) is 9. The van der Waals surface area contributed by atoms with Gasteiger partial charge in [-0.2, -0.15) is 0 Å². The fourth-order valence-electron chi connectivity index (χ4n) is 11.9. The van der Waals surface area contributed by atoms with Crippen LogP contribution in [-0.2, 0) is 19.1 Å². The summed E-state index contributed by atoms with van der Waals surface area (Å²) < 4.78 is 24.0. The second kappa shape index (κ2) is 21.4. The lowest BCUT2D eigenvalue weighted by atomic mass is 9.85. The largest absolute Gasteiger partial charge is 0.376 e. The van der Waals surface area contributed by atoms with Gasteiger partial charge in [0.2, 0.25) is 17.7 Å². The van der Waals surface area contributed by atoms with Gasteiger partial charge in [0.15, 0.2) is 0 Å². The number of H-pyrrole nitrogens is 2. The van der Waals surface area contributed by atoms with Crippen molar-refractivity contribution in [2.45, 2.75) is 154 Å². The Balaban J connectivity index is 0.882. The van der Waals surface area contributed by atoms with Crippen LogP contribution in [0.25, 0.3) is 28.2 Å². The van der Waals surface area contributed by atoms with Crippen molar-refractivity contribution in [3.63, 3.8) is 0 Å². The van der Waals surface area contributed by atoms with Crippen molar-refractivity contribution in [1.29, 1.82) is 0 Å². The van der Waals surface area contributed by atoms with Crippen LogP contribution in [0.3, 0.4) is 0 Å². The number of carbonyl (C=O) groups excluding carboxylic acids is 3. The fourth-order valence-corrected chi connectivity index (χ4v) is 11.9. The Bertz CT molecular complexity index is 2790. The molecule has 3 amide bonds.